The van der Waals surface area contributed by atoms with Crippen molar-refractivity contribution in [1.82, 2.24) is 10.6 Å². The molecule has 2 aliphatic rings. The van der Waals surface area contributed by atoms with Crippen LogP contribution in [-0.2, 0) is 0 Å². The van der Waals surface area contributed by atoms with Gasteiger partial charge in [-0.2, -0.15) is 0 Å². The van der Waals surface area contributed by atoms with Crippen LogP contribution in [0.4, 0.5) is 0 Å². The Kier molecular flexibility index (Phi) is 6.22. The van der Waals surface area contributed by atoms with Crippen LogP contribution in [-0.4, -0.2) is 46.3 Å². The normalized spacial score (nSPS) is 21.6. The molecule has 3 heteroatoms. The standard InChI is InChI=1S/C9H19N3.C3H8/c1-12(6-8-2-10-3-8)7-9-4-11-5-9;1-3-2/h8-11H,2-7H2,1H3;3H2,1-2H3/p+1. The maximum atomic E-state index is 3.32. The lowest BCUT2D eigenvalue weighted by Crippen LogP contribution is -3.11. The van der Waals surface area contributed by atoms with E-state index in [1.807, 2.05) is 0 Å². The molecule has 2 heterocycles. The minimum Gasteiger partial charge on any atom is -0.337 e. The summed E-state index contributed by atoms with van der Waals surface area (Å²) in [5.41, 5.74) is 0. The van der Waals surface area contributed by atoms with Crippen molar-refractivity contribution in [2.75, 3.05) is 46.3 Å². The second-order valence-corrected chi connectivity index (χ2v) is 5.12. The molecule has 0 saturated carbocycles. The van der Waals surface area contributed by atoms with E-state index in [2.05, 4.69) is 31.5 Å². The first-order chi connectivity index (χ1) is 7.26. The van der Waals surface area contributed by atoms with E-state index in [9.17, 15) is 0 Å². The van der Waals surface area contributed by atoms with Crippen molar-refractivity contribution in [3.63, 3.8) is 0 Å². The van der Waals surface area contributed by atoms with Crippen molar-refractivity contribution >= 4 is 0 Å². The van der Waals surface area contributed by atoms with Gasteiger partial charge in [0.2, 0.25) is 0 Å². The van der Waals surface area contributed by atoms with Gasteiger partial charge in [-0.05, 0) is 0 Å². The van der Waals surface area contributed by atoms with Gasteiger partial charge < -0.3 is 15.5 Å². The summed E-state index contributed by atoms with van der Waals surface area (Å²) in [6, 6.07) is 0. The molecule has 0 aromatic rings. The van der Waals surface area contributed by atoms with Crippen molar-refractivity contribution < 1.29 is 4.90 Å². The monoisotopic (exact) mass is 214 g/mol. The SMILES string of the molecule is CCC.C[NH+](CC1CNC1)CC1CNC1. The molecule has 0 unspecified atom stereocenters. The van der Waals surface area contributed by atoms with Gasteiger partial charge in [-0.15, -0.1) is 0 Å². The zero-order valence-corrected chi connectivity index (χ0v) is 10.6. The molecule has 3 N–H and O–H groups in total. The molecule has 0 atom stereocenters. The zero-order valence-electron chi connectivity index (χ0n) is 10.6. The van der Waals surface area contributed by atoms with Crippen molar-refractivity contribution in [3.05, 3.63) is 0 Å². The minimum absolute atomic E-state index is 0.957. The smallest absolute Gasteiger partial charge is 0.0822 e. The molecule has 2 rings (SSSR count). The van der Waals surface area contributed by atoms with Crippen LogP contribution in [0.15, 0.2) is 0 Å². The largest absolute Gasteiger partial charge is 0.337 e. The minimum atomic E-state index is 0.957. The Morgan fingerprint density at radius 2 is 1.27 bits per heavy atom. The van der Waals surface area contributed by atoms with Gasteiger partial charge in [0.05, 0.1) is 20.1 Å². The first kappa shape index (κ1) is 12.9. The molecule has 0 bridgehead atoms. The summed E-state index contributed by atoms with van der Waals surface area (Å²) in [7, 11) is 2.33. The Labute approximate surface area is 94.6 Å². The molecule has 0 aromatic heterocycles. The second kappa shape index (κ2) is 7.20. The lowest BCUT2D eigenvalue weighted by molar-refractivity contribution is -0.887. The Morgan fingerprint density at radius 1 is 0.933 bits per heavy atom. The van der Waals surface area contributed by atoms with Crippen LogP contribution >= 0.6 is 0 Å². The molecule has 0 spiro atoms. The van der Waals surface area contributed by atoms with Crippen molar-refractivity contribution in [1.29, 1.82) is 0 Å². The molecule has 2 aliphatic heterocycles. The molecule has 0 amide bonds. The third kappa shape index (κ3) is 4.96. The fourth-order valence-electron chi connectivity index (χ4n) is 2.05. The van der Waals surface area contributed by atoms with E-state index < -0.39 is 0 Å². The molecule has 2 saturated heterocycles. The predicted molar refractivity (Wildman–Crippen MR) is 65.3 cm³/mol. The summed E-state index contributed by atoms with van der Waals surface area (Å²) in [5.74, 6) is 1.91. The number of rotatable bonds is 4. The highest BCUT2D eigenvalue weighted by atomic mass is 15.1. The summed E-state index contributed by atoms with van der Waals surface area (Å²) < 4.78 is 0. The Hall–Kier alpha value is -0.120. The van der Waals surface area contributed by atoms with Crippen LogP contribution in [0, 0.1) is 11.8 Å². The molecule has 15 heavy (non-hydrogen) atoms. The highest BCUT2D eigenvalue weighted by Gasteiger charge is 2.25. The quantitative estimate of drug-likeness (QED) is 0.581. The molecule has 0 aromatic carbocycles. The first-order valence-corrected chi connectivity index (χ1v) is 6.49. The van der Waals surface area contributed by atoms with E-state index in [-0.39, 0.29) is 0 Å². The number of quaternary nitrogens is 1. The molecule has 0 aliphatic carbocycles. The summed E-state index contributed by atoms with van der Waals surface area (Å²) >= 11 is 0. The van der Waals surface area contributed by atoms with E-state index in [0.717, 1.165) is 11.8 Å². The summed E-state index contributed by atoms with van der Waals surface area (Å²) in [6.07, 6.45) is 1.25. The fraction of sp³-hybridized carbons (Fsp3) is 1.00. The van der Waals surface area contributed by atoms with Crippen LogP contribution in [0.5, 0.6) is 0 Å². The van der Waals surface area contributed by atoms with E-state index in [1.165, 1.54) is 45.7 Å². The van der Waals surface area contributed by atoms with Crippen LogP contribution < -0.4 is 15.5 Å². The number of hydrogen-bond donors (Lipinski definition) is 3. The average Bonchev–Trinajstić information content (AvgIpc) is 2.06. The van der Waals surface area contributed by atoms with Gasteiger partial charge in [0.1, 0.15) is 0 Å². The predicted octanol–water partition coefficient (Wildman–Crippen LogP) is -0.644. The van der Waals surface area contributed by atoms with Gasteiger partial charge in [-0.1, -0.05) is 20.3 Å². The van der Waals surface area contributed by atoms with Crippen LogP contribution in [0.3, 0.4) is 0 Å². The lowest BCUT2D eigenvalue weighted by atomic mass is 10.00. The third-order valence-electron chi connectivity index (χ3n) is 3.01. The van der Waals surface area contributed by atoms with E-state index in [1.54, 1.807) is 4.90 Å². The fourth-order valence-corrected chi connectivity index (χ4v) is 2.05. The average molecular weight is 214 g/mol. The third-order valence-corrected chi connectivity index (χ3v) is 3.01. The second-order valence-electron chi connectivity index (χ2n) is 5.12. The highest BCUT2D eigenvalue weighted by molar-refractivity contribution is 4.75. The molecule has 2 fully saturated rings. The van der Waals surface area contributed by atoms with E-state index >= 15 is 0 Å². The topological polar surface area (TPSA) is 28.5 Å². The van der Waals surface area contributed by atoms with Crippen molar-refractivity contribution in [2.45, 2.75) is 20.3 Å². The molecular weight excluding hydrogens is 186 g/mol. The van der Waals surface area contributed by atoms with E-state index in [0.29, 0.717) is 0 Å². The van der Waals surface area contributed by atoms with Gasteiger partial charge in [-0.25, -0.2) is 0 Å². The Balaban J connectivity index is 0.000000337. The Morgan fingerprint density at radius 3 is 1.47 bits per heavy atom. The van der Waals surface area contributed by atoms with Gasteiger partial charge >= 0.3 is 0 Å². The summed E-state index contributed by atoms with van der Waals surface area (Å²) in [6.45, 7) is 12.0. The molecule has 90 valence electrons. The maximum absolute atomic E-state index is 3.32. The van der Waals surface area contributed by atoms with Gasteiger partial charge in [0.25, 0.3) is 0 Å². The maximum Gasteiger partial charge on any atom is 0.0822 e. The molecular formula is C12H28N3+. The Bertz CT molecular complexity index is 137. The number of nitrogens with one attached hydrogen (secondary N) is 3. The van der Waals surface area contributed by atoms with Crippen molar-refractivity contribution in [3.8, 4) is 0 Å². The summed E-state index contributed by atoms with van der Waals surface area (Å²) in [5, 5.41) is 6.64. The van der Waals surface area contributed by atoms with Crippen LogP contribution in [0.25, 0.3) is 0 Å². The summed E-state index contributed by atoms with van der Waals surface area (Å²) in [4.78, 5) is 1.72. The first-order valence-electron chi connectivity index (χ1n) is 6.49. The van der Waals surface area contributed by atoms with Gasteiger partial charge in [0.15, 0.2) is 0 Å². The van der Waals surface area contributed by atoms with Crippen LogP contribution in [0.1, 0.15) is 20.3 Å². The van der Waals surface area contributed by atoms with Gasteiger partial charge in [0, 0.05) is 38.0 Å². The van der Waals surface area contributed by atoms with Gasteiger partial charge in [-0.3, -0.25) is 0 Å². The van der Waals surface area contributed by atoms with E-state index in [4.69, 9.17) is 0 Å². The zero-order chi connectivity index (χ0) is 11.1. The lowest BCUT2D eigenvalue weighted by Gasteiger charge is -2.33. The number of hydrogen-bond acceptors (Lipinski definition) is 2. The van der Waals surface area contributed by atoms with Crippen LogP contribution in [0.2, 0.25) is 0 Å². The highest BCUT2D eigenvalue weighted by Crippen LogP contribution is 2.00. The molecule has 3 nitrogen and oxygen atoms in total. The van der Waals surface area contributed by atoms with Crippen molar-refractivity contribution in [2.24, 2.45) is 11.8 Å². The molecule has 0 radical (unpaired) electrons.